The van der Waals surface area contributed by atoms with Crippen LogP contribution in [0.5, 0.6) is 5.75 Å². The molecule has 1 N–H and O–H groups in total. The molecule has 0 aliphatic carbocycles. The van der Waals surface area contributed by atoms with Crippen LogP contribution in [-0.4, -0.2) is 47.7 Å². The second kappa shape index (κ2) is 11.0. The summed E-state index contributed by atoms with van der Waals surface area (Å²) in [5, 5.41) is 12.6. The molecule has 1 fully saturated rings. The van der Waals surface area contributed by atoms with Gasteiger partial charge in [0.05, 0.1) is 30.0 Å². The van der Waals surface area contributed by atoms with Gasteiger partial charge in [0.15, 0.2) is 0 Å². The van der Waals surface area contributed by atoms with E-state index < -0.39 is 18.1 Å². The highest BCUT2D eigenvalue weighted by atomic mass is 32.1. The van der Waals surface area contributed by atoms with E-state index in [-0.39, 0.29) is 12.3 Å². The van der Waals surface area contributed by atoms with E-state index >= 15 is 4.39 Å². The fourth-order valence-corrected chi connectivity index (χ4v) is 5.43. The Morgan fingerprint density at radius 1 is 1.38 bits per heavy atom. The minimum atomic E-state index is -1.19. The van der Waals surface area contributed by atoms with E-state index in [0.717, 1.165) is 28.7 Å². The van der Waals surface area contributed by atoms with Crippen LogP contribution in [0.3, 0.4) is 0 Å². The quantitative estimate of drug-likeness (QED) is 0.454. The van der Waals surface area contributed by atoms with E-state index in [1.807, 2.05) is 36.6 Å². The average Bonchev–Trinajstić information content (AvgIpc) is 3.26. The van der Waals surface area contributed by atoms with E-state index in [2.05, 4.69) is 21.7 Å². The molecule has 1 aromatic carbocycles. The van der Waals surface area contributed by atoms with Crippen LogP contribution >= 0.6 is 11.3 Å². The number of hydrogen-bond acceptors (Lipinski definition) is 5. The van der Waals surface area contributed by atoms with Crippen LogP contribution in [0.1, 0.15) is 41.4 Å². The molecule has 1 saturated heterocycles. The number of aryl methyl sites for hydroxylation is 1. The Bertz CT molecular complexity index is 1220. The van der Waals surface area contributed by atoms with Gasteiger partial charge in [-0.25, -0.2) is 4.39 Å². The number of pyridine rings is 1. The fourth-order valence-electron chi connectivity index (χ4n) is 4.63. The van der Waals surface area contributed by atoms with E-state index in [4.69, 9.17) is 4.74 Å². The van der Waals surface area contributed by atoms with Crippen LogP contribution in [0.15, 0.2) is 41.9 Å². The number of nitrogens with zero attached hydrogens (tertiary/aromatic N) is 2. The van der Waals surface area contributed by atoms with Gasteiger partial charge in [-0.1, -0.05) is 11.8 Å². The third-order valence-corrected chi connectivity index (χ3v) is 7.57. The summed E-state index contributed by atoms with van der Waals surface area (Å²) in [6, 6.07) is 9.19. The van der Waals surface area contributed by atoms with Crippen molar-refractivity contribution in [2.24, 2.45) is 11.8 Å². The van der Waals surface area contributed by atoms with Crippen molar-refractivity contribution >= 4 is 28.2 Å². The average molecular weight is 481 g/mol. The van der Waals surface area contributed by atoms with Gasteiger partial charge in [0.2, 0.25) is 0 Å². The van der Waals surface area contributed by atoms with Crippen molar-refractivity contribution in [1.82, 2.24) is 9.88 Å². The predicted octanol–water partition coefficient (Wildman–Crippen LogP) is 5.48. The number of fused-ring (bicyclic) bond motifs is 1. The number of carboxylic acids is 1. The molecule has 7 heteroatoms. The van der Waals surface area contributed by atoms with Crippen molar-refractivity contribution in [1.29, 1.82) is 0 Å². The van der Waals surface area contributed by atoms with Crippen molar-refractivity contribution < 1.29 is 19.0 Å². The van der Waals surface area contributed by atoms with Gasteiger partial charge in [0.25, 0.3) is 0 Å². The predicted molar refractivity (Wildman–Crippen MR) is 133 cm³/mol. The summed E-state index contributed by atoms with van der Waals surface area (Å²) in [7, 11) is 1.58. The Kier molecular flexibility index (Phi) is 7.81. The van der Waals surface area contributed by atoms with Crippen LogP contribution in [0.4, 0.5) is 4.39 Å². The molecule has 0 spiro atoms. The Morgan fingerprint density at radius 3 is 2.97 bits per heavy atom. The second-order valence-corrected chi connectivity index (χ2v) is 9.71. The standard InChI is InChI=1S/C27H29FN2O3S/c1-18-11-15-34-26(18)4-3-13-30-14-10-19(23(17-30)27(31)32)5-7-24(28)21-9-12-29-25-8-6-20(33-2)16-22(21)25/h6,8-9,11-12,15-16,19,23-24H,5,7,10,13-14,17H2,1-2H3,(H,31,32)/t19-,23+,24-/m1/s1. The molecular weight excluding hydrogens is 451 g/mol. The van der Waals surface area contributed by atoms with Gasteiger partial charge >= 0.3 is 5.97 Å². The maximum absolute atomic E-state index is 15.4. The zero-order chi connectivity index (χ0) is 24.1. The van der Waals surface area contributed by atoms with Crippen LogP contribution in [-0.2, 0) is 4.79 Å². The summed E-state index contributed by atoms with van der Waals surface area (Å²) in [5.41, 5.74) is 2.46. The number of likely N-dealkylation sites (tertiary alicyclic amines) is 1. The lowest BCUT2D eigenvalue weighted by Crippen LogP contribution is -2.44. The highest BCUT2D eigenvalue weighted by Gasteiger charge is 2.34. The van der Waals surface area contributed by atoms with Gasteiger partial charge in [-0.2, -0.15) is 0 Å². The molecule has 5 nitrogen and oxygen atoms in total. The number of benzene rings is 1. The van der Waals surface area contributed by atoms with Crippen molar-refractivity contribution in [3.05, 3.63) is 57.9 Å². The number of carbonyl (C=O) groups is 1. The molecular formula is C27H29FN2O3S. The van der Waals surface area contributed by atoms with E-state index in [0.29, 0.717) is 30.8 Å². The number of carboxylic acid groups (broad SMARTS) is 1. The number of thiophene rings is 1. The first-order chi connectivity index (χ1) is 16.5. The molecule has 0 amide bonds. The molecule has 4 rings (SSSR count). The van der Waals surface area contributed by atoms with Crippen molar-refractivity contribution in [3.63, 3.8) is 0 Å². The summed E-state index contributed by atoms with van der Waals surface area (Å²) in [4.78, 5) is 19.5. The van der Waals surface area contributed by atoms with Gasteiger partial charge < -0.3 is 9.84 Å². The number of hydrogen-bond donors (Lipinski definition) is 1. The summed E-state index contributed by atoms with van der Waals surface area (Å²) >= 11 is 1.62. The first-order valence-corrected chi connectivity index (χ1v) is 12.4. The molecule has 178 valence electrons. The highest BCUT2D eigenvalue weighted by molar-refractivity contribution is 7.10. The monoisotopic (exact) mass is 480 g/mol. The topological polar surface area (TPSA) is 62.7 Å². The normalized spacial score (nSPS) is 19.4. The van der Waals surface area contributed by atoms with Crippen LogP contribution in [0.2, 0.25) is 0 Å². The lowest BCUT2D eigenvalue weighted by molar-refractivity contribution is -0.146. The lowest BCUT2D eigenvalue weighted by Gasteiger charge is -2.35. The Balaban J connectivity index is 1.38. The Labute approximate surface area is 203 Å². The molecule has 1 aliphatic rings. The number of methoxy groups -OCH3 is 1. The van der Waals surface area contributed by atoms with Gasteiger partial charge in [-0.05, 0) is 85.5 Å². The minimum absolute atomic E-state index is 0.0536. The van der Waals surface area contributed by atoms with E-state index in [1.165, 1.54) is 5.56 Å². The van der Waals surface area contributed by atoms with Crippen molar-refractivity contribution in [2.45, 2.75) is 32.4 Å². The van der Waals surface area contributed by atoms with Crippen LogP contribution < -0.4 is 4.74 Å². The third-order valence-electron chi connectivity index (χ3n) is 6.63. The number of ether oxygens (including phenoxy) is 1. The zero-order valence-electron chi connectivity index (χ0n) is 19.5. The van der Waals surface area contributed by atoms with Crippen molar-refractivity contribution in [2.75, 3.05) is 26.7 Å². The zero-order valence-corrected chi connectivity index (χ0v) is 20.3. The fraction of sp³-hybridized carbons (Fsp3) is 0.407. The highest BCUT2D eigenvalue weighted by Crippen LogP contribution is 2.35. The number of aromatic nitrogens is 1. The van der Waals surface area contributed by atoms with E-state index in [9.17, 15) is 9.90 Å². The molecule has 3 atom stereocenters. The molecule has 0 radical (unpaired) electrons. The Hall–Kier alpha value is -2.95. The minimum Gasteiger partial charge on any atom is -0.497 e. The van der Waals surface area contributed by atoms with E-state index in [1.54, 1.807) is 30.7 Å². The smallest absolute Gasteiger partial charge is 0.308 e. The molecule has 1 aliphatic heterocycles. The molecule has 2 aromatic heterocycles. The molecule has 0 unspecified atom stereocenters. The second-order valence-electron chi connectivity index (χ2n) is 8.79. The SMILES string of the molecule is COc1ccc2nccc([C@H](F)CC[C@@H]3CCN(CC#Cc4sccc4C)C[C@@H]3C(=O)O)c2c1. The van der Waals surface area contributed by atoms with Crippen LogP contribution in [0.25, 0.3) is 10.9 Å². The molecule has 34 heavy (non-hydrogen) atoms. The first-order valence-electron chi connectivity index (χ1n) is 11.5. The number of piperidine rings is 1. The molecule has 3 aromatic rings. The molecule has 0 saturated carbocycles. The van der Waals surface area contributed by atoms with Gasteiger partial charge in [0.1, 0.15) is 11.9 Å². The molecule has 0 bridgehead atoms. The summed E-state index contributed by atoms with van der Waals surface area (Å²) in [6.45, 7) is 3.81. The Morgan fingerprint density at radius 2 is 2.24 bits per heavy atom. The largest absolute Gasteiger partial charge is 0.497 e. The summed E-state index contributed by atoms with van der Waals surface area (Å²) in [5.74, 6) is 5.66. The van der Waals surface area contributed by atoms with Crippen molar-refractivity contribution in [3.8, 4) is 17.6 Å². The van der Waals surface area contributed by atoms with Crippen LogP contribution in [0, 0.1) is 30.6 Å². The summed E-state index contributed by atoms with van der Waals surface area (Å²) < 4.78 is 20.6. The summed E-state index contributed by atoms with van der Waals surface area (Å²) in [6.07, 6.45) is 1.97. The van der Waals surface area contributed by atoms with Gasteiger partial charge in [0, 0.05) is 18.1 Å². The maximum atomic E-state index is 15.4. The van der Waals surface area contributed by atoms with Gasteiger partial charge in [-0.3, -0.25) is 14.7 Å². The molecule has 3 heterocycles. The first kappa shape index (κ1) is 24.2. The maximum Gasteiger partial charge on any atom is 0.308 e. The lowest BCUT2D eigenvalue weighted by atomic mass is 9.81. The number of aliphatic carboxylic acids is 1. The third kappa shape index (κ3) is 5.57. The number of alkyl halides is 1. The number of rotatable bonds is 7. The van der Waals surface area contributed by atoms with Gasteiger partial charge in [-0.15, -0.1) is 11.3 Å². The number of halogens is 1.